The number of nitrogens with one attached hydrogen (secondary N) is 2. The molecule has 32 heavy (non-hydrogen) atoms. The predicted molar refractivity (Wildman–Crippen MR) is 131 cm³/mol. The summed E-state index contributed by atoms with van der Waals surface area (Å²) in [5.41, 5.74) is 2.85. The van der Waals surface area contributed by atoms with Crippen molar-refractivity contribution >= 4 is 28.6 Å². The minimum Gasteiger partial charge on any atom is -0.497 e. The van der Waals surface area contributed by atoms with Crippen molar-refractivity contribution in [1.29, 1.82) is 0 Å². The number of pyridine rings is 1. The molecule has 0 radical (unpaired) electrons. The highest BCUT2D eigenvalue weighted by molar-refractivity contribution is 6.02. The average molecular weight is 430 g/mol. The summed E-state index contributed by atoms with van der Waals surface area (Å²) >= 11 is 0. The van der Waals surface area contributed by atoms with Crippen molar-refractivity contribution in [2.24, 2.45) is 11.8 Å². The summed E-state index contributed by atoms with van der Waals surface area (Å²) in [5, 5.41) is 7.59. The Balaban J connectivity index is 1.30. The number of methoxy groups -OCH3 is 1. The number of rotatable bonds is 8. The van der Waals surface area contributed by atoms with Gasteiger partial charge in [0.1, 0.15) is 5.75 Å². The number of carbonyl (C=O) groups is 1. The van der Waals surface area contributed by atoms with Gasteiger partial charge in [0.05, 0.1) is 18.3 Å². The second-order valence-corrected chi connectivity index (χ2v) is 8.43. The average Bonchev–Trinajstić information content (AvgIpc) is 2.84. The van der Waals surface area contributed by atoms with Crippen molar-refractivity contribution in [3.63, 3.8) is 0 Å². The molecule has 2 atom stereocenters. The lowest BCUT2D eigenvalue weighted by atomic mass is 9.81. The normalized spacial score (nSPS) is 18.7. The first-order chi connectivity index (χ1) is 15.7. The van der Waals surface area contributed by atoms with Gasteiger partial charge in [0, 0.05) is 24.0 Å². The minimum absolute atomic E-state index is 0.0456. The Morgan fingerprint density at radius 3 is 2.88 bits per heavy atom. The van der Waals surface area contributed by atoms with Gasteiger partial charge in [-0.05, 0) is 61.6 Å². The van der Waals surface area contributed by atoms with Crippen molar-refractivity contribution in [2.45, 2.75) is 25.7 Å². The van der Waals surface area contributed by atoms with Crippen molar-refractivity contribution in [2.75, 3.05) is 25.5 Å². The zero-order valence-corrected chi connectivity index (χ0v) is 18.6. The molecule has 1 heterocycles. The predicted octanol–water partition coefficient (Wildman–Crippen LogP) is 5.29. The van der Waals surface area contributed by atoms with E-state index in [1.165, 1.54) is 12.0 Å². The molecular weight excluding hydrogens is 398 g/mol. The van der Waals surface area contributed by atoms with Gasteiger partial charge in [-0.2, -0.15) is 0 Å². The Labute approximate surface area is 189 Å². The van der Waals surface area contributed by atoms with E-state index >= 15 is 0 Å². The molecule has 2 unspecified atom stereocenters. The lowest BCUT2D eigenvalue weighted by Crippen LogP contribution is -2.32. The van der Waals surface area contributed by atoms with E-state index in [1.54, 1.807) is 13.3 Å². The van der Waals surface area contributed by atoms with E-state index in [-0.39, 0.29) is 11.8 Å². The van der Waals surface area contributed by atoms with E-state index in [2.05, 4.69) is 39.9 Å². The number of hydrogen-bond acceptors (Lipinski definition) is 4. The summed E-state index contributed by atoms with van der Waals surface area (Å²) in [4.78, 5) is 17.4. The monoisotopic (exact) mass is 429 g/mol. The molecule has 2 aromatic carbocycles. The van der Waals surface area contributed by atoms with E-state index < -0.39 is 0 Å². The van der Waals surface area contributed by atoms with Gasteiger partial charge in [0.25, 0.3) is 0 Å². The first-order valence-electron chi connectivity index (χ1n) is 11.4. The number of fused-ring (bicyclic) bond motifs is 1. The number of aromatic nitrogens is 1. The molecule has 0 spiro atoms. The third kappa shape index (κ3) is 5.74. The standard InChI is InChI=1S/C27H31N3O2/c1-32-23-12-13-25-24(18-23)26(14-16-29-25)30-27(31)22-11-5-9-21(17-22)19-28-15-6-10-20-7-3-2-4-8-20/h2-4,6-8,10,12-14,16,18,21-22,28H,5,9,11,15,17,19H2,1H3,(H,29,30,31)/b10-6+. The van der Waals surface area contributed by atoms with Crippen LogP contribution >= 0.6 is 0 Å². The molecule has 0 aliphatic heterocycles. The highest BCUT2D eigenvalue weighted by Crippen LogP contribution is 2.31. The van der Waals surface area contributed by atoms with E-state index in [0.717, 1.165) is 54.7 Å². The van der Waals surface area contributed by atoms with Crippen LogP contribution in [-0.2, 0) is 4.79 Å². The maximum atomic E-state index is 13.1. The molecule has 0 bridgehead atoms. The quantitative estimate of drug-likeness (QED) is 0.478. The van der Waals surface area contributed by atoms with E-state index in [1.807, 2.05) is 42.5 Å². The number of amides is 1. The molecule has 3 aromatic rings. The zero-order chi connectivity index (χ0) is 22.2. The van der Waals surface area contributed by atoms with Crippen molar-refractivity contribution in [3.8, 4) is 5.75 Å². The summed E-state index contributed by atoms with van der Waals surface area (Å²) in [6.45, 7) is 1.78. The number of anilines is 1. The zero-order valence-electron chi connectivity index (χ0n) is 18.6. The molecule has 5 heteroatoms. The molecule has 166 valence electrons. The van der Waals surface area contributed by atoms with Crippen LogP contribution in [0.1, 0.15) is 31.2 Å². The summed E-state index contributed by atoms with van der Waals surface area (Å²) in [6, 6.07) is 17.9. The number of benzene rings is 2. The Morgan fingerprint density at radius 2 is 2.03 bits per heavy atom. The fourth-order valence-electron chi connectivity index (χ4n) is 4.44. The molecule has 1 aliphatic rings. The van der Waals surface area contributed by atoms with Gasteiger partial charge in [-0.1, -0.05) is 48.9 Å². The minimum atomic E-state index is 0.0456. The van der Waals surface area contributed by atoms with Gasteiger partial charge in [-0.3, -0.25) is 9.78 Å². The van der Waals surface area contributed by atoms with Crippen LogP contribution in [0.4, 0.5) is 5.69 Å². The Bertz CT molecular complexity index is 1060. The Kier molecular flexibility index (Phi) is 7.51. The van der Waals surface area contributed by atoms with Crippen LogP contribution in [-0.4, -0.2) is 31.1 Å². The second-order valence-electron chi connectivity index (χ2n) is 8.43. The van der Waals surface area contributed by atoms with Crippen molar-refractivity contribution in [1.82, 2.24) is 10.3 Å². The van der Waals surface area contributed by atoms with Crippen molar-refractivity contribution < 1.29 is 9.53 Å². The largest absolute Gasteiger partial charge is 0.497 e. The van der Waals surface area contributed by atoms with Crippen LogP contribution in [0, 0.1) is 11.8 Å². The topological polar surface area (TPSA) is 63.2 Å². The van der Waals surface area contributed by atoms with Crippen LogP contribution in [0.15, 0.2) is 66.9 Å². The molecule has 4 rings (SSSR count). The van der Waals surface area contributed by atoms with Gasteiger partial charge in [0.2, 0.25) is 5.91 Å². The third-order valence-electron chi connectivity index (χ3n) is 6.17. The number of nitrogens with zero attached hydrogens (tertiary/aromatic N) is 1. The number of ether oxygens (including phenoxy) is 1. The Morgan fingerprint density at radius 1 is 1.16 bits per heavy atom. The highest BCUT2D eigenvalue weighted by Gasteiger charge is 2.27. The molecular formula is C27H31N3O2. The first kappa shape index (κ1) is 22.0. The summed E-state index contributed by atoms with van der Waals surface area (Å²) < 4.78 is 5.34. The van der Waals surface area contributed by atoms with Gasteiger partial charge >= 0.3 is 0 Å². The lowest BCUT2D eigenvalue weighted by Gasteiger charge is -2.28. The second kappa shape index (κ2) is 10.9. The van der Waals surface area contributed by atoms with Gasteiger partial charge in [-0.15, -0.1) is 0 Å². The summed E-state index contributed by atoms with van der Waals surface area (Å²) in [7, 11) is 1.64. The van der Waals surface area contributed by atoms with Crippen LogP contribution in [0.3, 0.4) is 0 Å². The fraction of sp³-hybridized carbons (Fsp3) is 0.333. The fourth-order valence-corrected chi connectivity index (χ4v) is 4.44. The SMILES string of the molecule is COc1ccc2nccc(NC(=O)C3CCCC(CNC/C=C/c4ccccc4)C3)c2c1. The third-order valence-corrected chi connectivity index (χ3v) is 6.17. The smallest absolute Gasteiger partial charge is 0.227 e. The molecule has 1 amide bonds. The molecule has 1 aromatic heterocycles. The summed E-state index contributed by atoms with van der Waals surface area (Å²) in [5.74, 6) is 1.43. The van der Waals surface area contributed by atoms with Crippen molar-refractivity contribution in [3.05, 3.63) is 72.4 Å². The van der Waals surface area contributed by atoms with Crippen LogP contribution < -0.4 is 15.4 Å². The lowest BCUT2D eigenvalue weighted by molar-refractivity contribution is -0.121. The van der Waals surface area contributed by atoms with Crippen LogP contribution in [0.5, 0.6) is 5.75 Å². The molecule has 1 aliphatic carbocycles. The van der Waals surface area contributed by atoms with Gasteiger partial charge in [-0.25, -0.2) is 0 Å². The Hall–Kier alpha value is -3.18. The molecule has 5 nitrogen and oxygen atoms in total. The number of hydrogen-bond donors (Lipinski definition) is 2. The summed E-state index contributed by atoms with van der Waals surface area (Å²) in [6.07, 6.45) is 10.2. The van der Waals surface area contributed by atoms with Gasteiger partial charge in [0.15, 0.2) is 0 Å². The van der Waals surface area contributed by atoms with E-state index in [0.29, 0.717) is 5.92 Å². The molecule has 1 saturated carbocycles. The van der Waals surface area contributed by atoms with Crippen LogP contribution in [0.2, 0.25) is 0 Å². The molecule has 2 N–H and O–H groups in total. The maximum absolute atomic E-state index is 13.1. The molecule has 0 saturated heterocycles. The van der Waals surface area contributed by atoms with Gasteiger partial charge < -0.3 is 15.4 Å². The number of carbonyl (C=O) groups excluding carboxylic acids is 1. The van der Waals surface area contributed by atoms with E-state index in [9.17, 15) is 4.79 Å². The molecule has 1 fully saturated rings. The highest BCUT2D eigenvalue weighted by atomic mass is 16.5. The first-order valence-corrected chi connectivity index (χ1v) is 11.4. The van der Waals surface area contributed by atoms with Crippen LogP contribution in [0.25, 0.3) is 17.0 Å². The van der Waals surface area contributed by atoms with E-state index in [4.69, 9.17) is 4.74 Å². The maximum Gasteiger partial charge on any atom is 0.227 e.